The lowest BCUT2D eigenvalue weighted by Crippen LogP contribution is -2.39. The van der Waals surface area contributed by atoms with E-state index in [1.807, 2.05) is 6.92 Å². The van der Waals surface area contributed by atoms with Gasteiger partial charge in [0.25, 0.3) is 0 Å². The van der Waals surface area contributed by atoms with Gasteiger partial charge in [0.15, 0.2) is 12.6 Å². The Morgan fingerprint density at radius 1 is 1.19 bits per heavy atom. The number of ether oxygens (including phenoxy) is 2. The molecule has 0 amide bonds. The minimum absolute atomic E-state index is 0. The summed E-state index contributed by atoms with van der Waals surface area (Å²) in [5, 5.41) is 6.34. The van der Waals surface area contributed by atoms with E-state index in [4.69, 9.17) is 4.74 Å². The Balaban J connectivity index is 0.00000364. The molecular weight excluding hydrogens is 474 g/mol. The lowest BCUT2D eigenvalue weighted by Gasteiger charge is -2.12. The Hall–Kier alpha value is -1.23. The third-order valence-corrected chi connectivity index (χ3v) is 3.68. The summed E-state index contributed by atoms with van der Waals surface area (Å²) in [6, 6.07) is 6.44. The topological polar surface area (TPSA) is 54.9 Å². The molecule has 2 rings (SSSR count). The van der Waals surface area contributed by atoms with E-state index in [0.717, 1.165) is 24.6 Å². The van der Waals surface area contributed by atoms with E-state index in [2.05, 4.69) is 20.4 Å². The summed E-state index contributed by atoms with van der Waals surface area (Å²) in [5.41, 5.74) is 0.881. The van der Waals surface area contributed by atoms with Gasteiger partial charge in [0.2, 0.25) is 0 Å². The van der Waals surface area contributed by atoms with Crippen molar-refractivity contribution in [2.45, 2.75) is 32.5 Å². The minimum Gasteiger partial charge on any atom is -0.484 e. The zero-order valence-electron chi connectivity index (χ0n) is 15.3. The predicted octanol–water partition coefficient (Wildman–Crippen LogP) is 3.73. The lowest BCUT2D eigenvalue weighted by molar-refractivity contribution is -0.153. The summed E-state index contributed by atoms with van der Waals surface area (Å²) >= 11 is 0. The summed E-state index contributed by atoms with van der Waals surface area (Å²) in [4.78, 5) is 4.46. The molecule has 1 aliphatic carbocycles. The van der Waals surface area contributed by atoms with E-state index in [-0.39, 0.29) is 29.7 Å². The second kappa shape index (κ2) is 12.3. The molecule has 1 aliphatic rings. The van der Waals surface area contributed by atoms with Gasteiger partial charge in [-0.05, 0) is 43.4 Å². The van der Waals surface area contributed by atoms with Crippen molar-refractivity contribution in [3.8, 4) is 5.75 Å². The first-order valence-electron chi connectivity index (χ1n) is 8.84. The first-order chi connectivity index (χ1) is 12.5. The van der Waals surface area contributed by atoms with Crippen molar-refractivity contribution < 1.29 is 22.6 Å². The van der Waals surface area contributed by atoms with Crippen LogP contribution in [0.1, 0.15) is 25.3 Å². The van der Waals surface area contributed by atoms with Gasteiger partial charge in [0.05, 0.1) is 13.2 Å². The first kappa shape index (κ1) is 23.8. The fourth-order valence-corrected chi connectivity index (χ4v) is 2.14. The van der Waals surface area contributed by atoms with Crippen molar-refractivity contribution >= 4 is 29.9 Å². The molecule has 0 heterocycles. The maximum atomic E-state index is 12.1. The van der Waals surface area contributed by atoms with Gasteiger partial charge in [-0.3, -0.25) is 0 Å². The molecule has 0 bridgehead atoms. The van der Waals surface area contributed by atoms with E-state index in [9.17, 15) is 13.2 Å². The molecule has 154 valence electrons. The molecule has 1 aromatic carbocycles. The molecule has 0 radical (unpaired) electrons. The number of aliphatic imine (C=N–C) groups is 1. The number of nitrogens with one attached hydrogen (secondary N) is 2. The van der Waals surface area contributed by atoms with Gasteiger partial charge in [0.1, 0.15) is 5.75 Å². The molecule has 2 N–H and O–H groups in total. The normalized spacial score (nSPS) is 14.4. The second-order valence-corrected chi connectivity index (χ2v) is 6.19. The van der Waals surface area contributed by atoms with Crippen LogP contribution in [0.2, 0.25) is 0 Å². The van der Waals surface area contributed by atoms with Gasteiger partial charge in [-0.1, -0.05) is 12.1 Å². The minimum atomic E-state index is -4.34. The van der Waals surface area contributed by atoms with Crippen LogP contribution in [0.4, 0.5) is 13.2 Å². The van der Waals surface area contributed by atoms with Gasteiger partial charge in [-0.2, -0.15) is 13.2 Å². The van der Waals surface area contributed by atoms with Crippen LogP contribution in [0.25, 0.3) is 0 Å². The smallest absolute Gasteiger partial charge is 0.422 e. The maximum absolute atomic E-state index is 12.1. The van der Waals surface area contributed by atoms with E-state index in [0.29, 0.717) is 25.7 Å². The molecule has 0 aromatic heterocycles. The van der Waals surface area contributed by atoms with Gasteiger partial charge < -0.3 is 20.1 Å². The standard InChI is InChI=1S/C18H26F3N3O2.HI/c1-2-22-17(23-9-10-25-12-15-3-4-15)24-11-14-5-7-16(8-6-14)26-13-18(19,20)21;/h5-8,15H,2-4,9-13H2,1H3,(H2,22,23,24);1H. The highest BCUT2D eigenvalue weighted by Crippen LogP contribution is 2.28. The Morgan fingerprint density at radius 3 is 2.48 bits per heavy atom. The van der Waals surface area contributed by atoms with E-state index < -0.39 is 12.8 Å². The monoisotopic (exact) mass is 501 g/mol. The number of hydrogen-bond donors (Lipinski definition) is 2. The largest absolute Gasteiger partial charge is 0.484 e. The number of hydrogen-bond acceptors (Lipinski definition) is 3. The molecule has 9 heteroatoms. The number of benzene rings is 1. The van der Waals surface area contributed by atoms with Crippen LogP contribution >= 0.6 is 24.0 Å². The van der Waals surface area contributed by atoms with Crippen molar-refractivity contribution in [2.24, 2.45) is 10.9 Å². The quantitative estimate of drug-likeness (QED) is 0.222. The number of rotatable bonds is 10. The highest BCUT2D eigenvalue weighted by Gasteiger charge is 2.28. The number of alkyl halides is 3. The maximum Gasteiger partial charge on any atom is 0.422 e. The molecule has 0 atom stereocenters. The van der Waals surface area contributed by atoms with Crippen LogP contribution in [0, 0.1) is 5.92 Å². The van der Waals surface area contributed by atoms with E-state index in [1.54, 1.807) is 12.1 Å². The number of nitrogens with zero attached hydrogens (tertiary/aromatic N) is 1. The van der Waals surface area contributed by atoms with Crippen LogP contribution in [0.3, 0.4) is 0 Å². The Morgan fingerprint density at radius 2 is 1.89 bits per heavy atom. The molecule has 1 aromatic rings. The summed E-state index contributed by atoms with van der Waals surface area (Å²) in [6.07, 6.45) is -1.78. The number of halogens is 4. The van der Waals surface area contributed by atoms with Crippen LogP contribution < -0.4 is 15.4 Å². The van der Waals surface area contributed by atoms with Gasteiger partial charge in [0, 0.05) is 19.7 Å². The van der Waals surface area contributed by atoms with Gasteiger partial charge in [-0.25, -0.2) is 4.99 Å². The lowest BCUT2D eigenvalue weighted by atomic mass is 10.2. The van der Waals surface area contributed by atoms with Crippen LogP contribution in [0.5, 0.6) is 5.75 Å². The second-order valence-electron chi connectivity index (χ2n) is 6.19. The fourth-order valence-electron chi connectivity index (χ4n) is 2.14. The fraction of sp³-hybridized carbons (Fsp3) is 0.611. The summed E-state index contributed by atoms with van der Waals surface area (Å²) in [5.74, 6) is 1.62. The molecule has 0 saturated heterocycles. The highest BCUT2D eigenvalue weighted by molar-refractivity contribution is 14.0. The van der Waals surface area contributed by atoms with E-state index >= 15 is 0 Å². The SMILES string of the molecule is CCNC(=NCc1ccc(OCC(F)(F)F)cc1)NCCOCC1CC1.I. The predicted molar refractivity (Wildman–Crippen MR) is 110 cm³/mol. The zero-order chi connectivity index (χ0) is 18.8. The van der Waals surface area contributed by atoms with Crippen LogP contribution in [-0.2, 0) is 11.3 Å². The summed E-state index contributed by atoms with van der Waals surface area (Å²) in [7, 11) is 0. The average molecular weight is 501 g/mol. The van der Waals surface area contributed by atoms with Crippen molar-refractivity contribution in [1.82, 2.24) is 10.6 Å². The molecule has 0 unspecified atom stereocenters. The van der Waals surface area contributed by atoms with Crippen molar-refractivity contribution in [3.63, 3.8) is 0 Å². The Kier molecular flexibility index (Phi) is 10.8. The average Bonchev–Trinajstić information content (AvgIpc) is 3.42. The first-order valence-corrected chi connectivity index (χ1v) is 8.84. The van der Waals surface area contributed by atoms with Crippen LogP contribution in [-0.4, -0.2) is 45.0 Å². The molecule has 5 nitrogen and oxygen atoms in total. The summed E-state index contributed by atoms with van der Waals surface area (Å²) < 4.78 is 46.6. The number of guanidine groups is 1. The highest BCUT2D eigenvalue weighted by atomic mass is 127. The molecule has 0 spiro atoms. The van der Waals surface area contributed by atoms with Crippen molar-refractivity contribution in [2.75, 3.05) is 32.9 Å². The third-order valence-electron chi connectivity index (χ3n) is 3.68. The zero-order valence-corrected chi connectivity index (χ0v) is 17.7. The van der Waals surface area contributed by atoms with Crippen LogP contribution in [0.15, 0.2) is 29.3 Å². The molecule has 27 heavy (non-hydrogen) atoms. The molecule has 1 saturated carbocycles. The van der Waals surface area contributed by atoms with E-state index in [1.165, 1.54) is 25.0 Å². The third kappa shape index (κ3) is 11.3. The van der Waals surface area contributed by atoms with Gasteiger partial charge in [-0.15, -0.1) is 24.0 Å². The molecule has 1 fully saturated rings. The Labute approximate surface area is 175 Å². The van der Waals surface area contributed by atoms with Crippen molar-refractivity contribution in [3.05, 3.63) is 29.8 Å². The van der Waals surface area contributed by atoms with Crippen molar-refractivity contribution in [1.29, 1.82) is 0 Å². The van der Waals surface area contributed by atoms with Gasteiger partial charge >= 0.3 is 6.18 Å². The molecule has 0 aliphatic heterocycles. The Bertz CT molecular complexity index is 564. The summed E-state index contributed by atoms with van der Waals surface area (Å²) in [6.45, 7) is 3.97. The molecular formula is C18H27F3IN3O2.